The van der Waals surface area contributed by atoms with Crippen LogP contribution in [0.1, 0.15) is 13.3 Å². The van der Waals surface area contributed by atoms with Crippen molar-refractivity contribution in [1.29, 1.82) is 0 Å². The van der Waals surface area contributed by atoms with Crippen molar-refractivity contribution in [3.63, 3.8) is 0 Å². The molecule has 1 saturated heterocycles. The zero-order chi connectivity index (χ0) is 14.0. The van der Waals surface area contributed by atoms with Crippen LogP contribution in [0, 0.1) is 5.92 Å². The Labute approximate surface area is 127 Å². The Balaban J connectivity index is 1.95. The predicted octanol–water partition coefficient (Wildman–Crippen LogP) is 3.89. The molecule has 19 heavy (non-hydrogen) atoms. The quantitative estimate of drug-likeness (QED) is 0.790. The highest BCUT2D eigenvalue weighted by Crippen LogP contribution is 2.33. The second kappa shape index (κ2) is 6.21. The highest BCUT2D eigenvalue weighted by molar-refractivity contribution is 6.43. The van der Waals surface area contributed by atoms with Crippen LogP contribution in [0.4, 0.5) is 0 Å². The normalized spacial score (nSPS) is 18.7. The van der Waals surface area contributed by atoms with Gasteiger partial charge in [0.1, 0.15) is 5.75 Å². The molecule has 1 unspecified atom stereocenters. The van der Waals surface area contributed by atoms with Gasteiger partial charge < -0.3 is 9.64 Å². The molecular formula is C13H14Cl3NO2. The minimum atomic E-state index is -0.0373. The van der Waals surface area contributed by atoms with Crippen LogP contribution in [-0.2, 0) is 4.79 Å². The summed E-state index contributed by atoms with van der Waals surface area (Å²) in [6.45, 7) is 3.67. The van der Waals surface area contributed by atoms with Crippen molar-refractivity contribution in [2.75, 3.05) is 19.7 Å². The first-order valence-corrected chi connectivity index (χ1v) is 7.16. The molecule has 6 heteroatoms. The van der Waals surface area contributed by atoms with E-state index < -0.39 is 0 Å². The second-order valence-corrected chi connectivity index (χ2v) is 5.94. The SMILES string of the molecule is CC1CCN(C(=O)COc2cc(Cl)c(Cl)cc2Cl)C1. The molecule has 0 aliphatic carbocycles. The van der Waals surface area contributed by atoms with E-state index >= 15 is 0 Å². The number of halogens is 3. The van der Waals surface area contributed by atoms with Gasteiger partial charge in [-0.25, -0.2) is 0 Å². The van der Waals surface area contributed by atoms with Gasteiger partial charge in [0.15, 0.2) is 6.61 Å². The molecule has 1 aromatic rings. The second-order valence-electron chi connectivity index (χ2n) is 4.72. The number of nitrogens with zero attached hydrogens (tertiary/aromatic N) is 1. The first-order valence-electron chi connectivity index (χ1n) is 6.02. The molecular weight excluding hydrogens is 309 g/mol. The molecule has 1 aliphatic rings. The number of benzene rings is 1. The fraction of sp³-hybridized carbons (Fsp3) is 0.462. The molecule has 1 heterocycles. The molecule has 1 fully saturated rings. The lowest BCUT2D eigenvalue weighted by Gasteiger charge is -2.16. The lowest BCUT2D eigenvalue weighted by molar-refractivity contribution is -0.132. The van der Waals surface area contributed by atoms with E-state index in [9.17, 15) is 4.79 Å². The summed E-state index contributed by atoms with van der Waals surface area (Å²) >= 11 is 17.7. The molecule has 2 rings (SSSR count). The number of ether oxygens (including phenoxy) is 1. The number of likely N-dealkylation sites (tertiary alicyclic amines) is 1. The summed E-state index contributed by atoms with van der Waals surface area (Å²) in [5.41, 5.74) is 0. The van der Waals surface area contributed by atoms with Gasteiger partial charge in [-0.1, -0.05) is 41.7 Å². The van der Waals surface area contributed by atoms with Gasteiger partial charge in [-0.15, -0.1) is 0 Å². The topological polar surface area (TPSA) is 29.5 Å². The van der Waals surface area contributed by atoms with Crippen LogP contribution >= 0.6 is 34.8 Å². The first kappa shape index (κ1) is 14.8. The minimum absolute atomic E-state index is 0.0357. The fourth-order valence-corrected chi connectivity index (χ4v) is 2.60. The van der Waals surface area contributed by atoms with Gasteiger partial charge in [-0.2, -0.15) is 0 Å². The fourth-order valence-electron chi connectivity index (χ4n) is 2.01. The van der Waals surface area contributed by atoms with Gasteiger partial charge in [0, 0.05) is 19.2 Å². The van der Waals surface area contributed by atoms with Crippen LogP contribution in [0.3, 0.4) is 0 Å². The molecule has 1 aliphatic heterocycles. The van der Waals surface area contributed by atoms with Crippen LogP contribution in [-0.4, -0.2) is 30.5 Å². The summed E-state index contributed by atoms with van der Waals surface area (Å²) in [6, 6.07) is 3.02. The van der Waals surface area contributed by atoms with Gasteiger partial charge in [-0.3, -0.25) is 4.79 Å². The summed E-state index contributed by atoms with van der Waals surface area (Å²) in [5.74, 6) is 0.890. The molecule has 0 bridgehead atoms. The van der Waals surface area contributed by atoms with Gasteiger partial charge in [0.05, 0.1) is 15.1 Å². The number of hydrogen-bond donors (Lipinski definition) is 0. The Morgan fingerprint density at radius 3 is 2.63 bits per heavy atom. The standard InChI is InChI=1S/C13H14Cl3NO2/c1-8-2-3-17(6-8)13(18)7-19-12-5-10(15)9(14)4-11(12)16/h4-5,8H,2-3,6-7H2,1H3. The first-order chi connectivity index (χ1) is 8.97. The summed E-state index contributed by atoms with van der Waals surface area (Å²) in [6.07, 6.45) is 1.04. The average molecular weight is 323 g/mol. The zero-order valence-electron chi connectivity index (χ0n) is 10.5. The van der Waals surface area contributed by atoms with E-state index in [-0.39, 0.29) is 12.5 Å². The molecule has 0 saturated carbocycles. The third-order valence-corrected chi connectivity index (χ3v) is 4.12. The molecule has 1 atom stereocenters. The van der Waals surface area contributed by atoms with Gasteiger partial charge in [-0.05, 0) is 18.4 Å². The molecule has 0 aromatic heterocycles. The van der Waals surface area contributed by atoms with Gasteiger partial charge in [0.25, 0.3) is 5.91 Å². The average Bonchev–Trinajstić information content (AvgIpc) is 2.78. The maximum Gasteiger partial charge on any atom is 0.260 e. The lowest BCUT2D eigenvalue weighted by Crippen LogP contribution is -2.32. The number of carbonyl (C=O) groups is 1. The number of carbonyl (C=O) groups excluding carboxylic acids is 1. The van der Waals surface area contributed by atoms with E-state index in [1.54, 1.807) is 4.90 Å². The van der Waals surface area contributed by atoms with Crippen molar-refractivity contribution < 1.29 is 9.53 Å². The van der Waals surface area contributed by atoms with E-state index in [0.29, 0.717) is 26.7 Å². The lowest BCUT2D eigenvalue weighted by atomic mass is 10.2. The summed E-state index contributed by atoms with van der Waals surface area (Å²) in [7, 11) is 0. The zero-order valence-corrected chi connectivity index (χ0v) is 12.7. The van der Waals surface area contributed by atoms with E-state index in [1.165, 1.54) is 12.1 Å². The smallest absolute Gasteiger partial charge is 0.260 e. The highest BCUT2D eigenvalue weighted by atomic mass is 35.5. The Kier molecular flexibility index (Phi) is 4.82. The minimum Gasteiger partial charge on any atom is -0.482 e. The summed E-state index contributed by atoms with van der Waals surface area (Å²) in [4.78, 5) is 13.7. The molecule has 3 nitrogen and oxygen atoms in total. The maximum absolute atomic E-state index is 11.9. The molecule has 0 spiro atoms. The van der Waals surface area contributed by atoms with Crippen molar-refractivity contribution in [2.24, 2.45) is 5.92 Å². The predicted molar refractivity (Wildman–Crippen MR) is 77.3 cm³/mol. The van der Waals surface area contributed by atoms with E-state index in [0.717, 1.165) is 19.5 Å². The molecule has 104 valence electrons. The Morgan fingerprint density at radius 1 is 1.32 bits per heavy atom. The van der Waals surface area contributed by atoms with Crippen LogP contribution in [0.25, 0.3) is 0 Å². The van der Waals surface area contributed by atoms with Crippen molar-refractivity contribution in [2.45, 2.75) is 13.3 Å². The van der Waals surface area contributed by atoms with Crippen LogP contribution in [0.2, 0.25) is 15.1 Å². The van der Waals surface area contributed by atoms with Gasteiger partial charge >= 0.3 is 0 Å². The summed E-state index contributed by atoms with van der Waals surface area (Å²) in [5, 5.41) is 1.05. The molecule has 0 radical (unpaired) electrons. The summed E-state index contributed by atoms with van der Waals surface area (Å²) < 4.78 is 5.42. The van der Waals surface area contributed by atoms with Crippen molar-refractivity contribution >= 4 is 40.7 Å². The molecule has 0 N–H and O–H groups in total. The molecule has 1 aromatic carbocycles. The van der Waals surface area contributed by atoms with E-state index in [1.807, 2.05) is 0 Å². The van der Waals surface area contributed by atoms with E-state index in [4.69, 9.17) is 39.5 Å². The Morgan fingerprint density at radius 2 is 2.00 bits per heavy atom. The number of rotatable bonds is 3. The van der Waals surface area contributed by atoms with E-state index in [2.05, 4.69) is 6.92 Å². The highest BCUT2D eigenvalue weighted by Gasteiger charge is 2.23. The monoisotopic (exact) mass is 321 g/mol. The number of amides is 1. The van der Waals surface area contributed by atoms with Crippen molar-refractivity contribution in [3.05, 3.63) is 27.2 Å². The van der Waals surface area contributed by atoms with Crippen molar-refractivity contribution in [1.82, 2.24) is 4.90 Å². The Hall–Kier alpha value is -0.640. The van der Waals surface area contributed by atoms with Crippen LogP contribution in [0.15, 0.2) is 12.1 Å². The number of hydrogen-bond acceptors (Lipinski definition) is 2. The van der Waals surface area contributed by atoms with Crippen LogP contribution < -0.4 is 4.74 Å². The largest absolute Gasteiger partial charge is 0.482 e. The third-order valence-electron chi connectivity index (χ3n) is 3.10. The maximum atomic E-state index is 11.9. The Bertz CT molecular complexity index is 493. The van der Waals surface area contributed by atoms with Crippen LogP contribution in [0.5, 0.6) is 5.75 Å². The molecule has 1 amide bonds. The van der Waals surface area contributed by atoms with Gasteiger partial charge in [0.2, 0.25) is 0 Å². The van der Waals surface area contributed by atoms with Crippen molar-refractivity contribution in [3.8, 4) is 5.75 Å². The third kappa shape index (κ3) is 3.68.